The van der Waals surface area contributed by atoms with E-state index in [1.54, 1.807) is 0 Å². The molecule has 0 bridgehead atoms. The van der Waals surface area contributed by atoms with Crippen LogP contribution in [-0.4, -0.2) is 42.6 Å². The molecule has 3 aromatic carbocycles. The van der Waals surface area contributed by atoms with Crippen molar-refractivity contribution in [3.63, 3.8) is 0 Å². The van der Waals surface area contributed by atoms with Crippen molar-refractivity contribution in [3.8, 4) is 16.9 Å². The summed E-state index contributed by atoms with van der Waals surface area (Å²) in [6, 6.07) is 26.4. The highest BCUT2D eigenvalue weighted by molar-refractivity contribution is 5.82. The molecule has 5 heteroatoms. The molecule has 0 aliphatic heterocycles. The SMILES string of the molecule is CCN(CC)CCCCOc1ccc2cc(-c3ccc(CN(CC)Cc4ccccc4)cc3)c(=O)oc2c1. The number of fused-ring (bicyclic) bond motifs is 1. The van der Waals surface area contributed by atoms with Gasteiger partial charge in [-0.05, 0) is 73.9 Å². The number of benzene rings is 3. The van der Waals surface area contributed by atoms with Crippen LogP contribution in [0, 0.1) is 0 Å². The highest BCUT2D eigenvalue weighted by Crippen LogP contribution is 2.25. The molecule has 0 atom stereocenters. The van der Waals surface area contributed by atoms with E-state index in [0.717, 1.165) is 68.8 Å². The number of ether oxygens (including phenoxy) is 1. The molecule has 38 heavy (non-hydrogen) atoms. The third kappa shape index (κ3) is 7.56. The van der Waals surface area contributed by atoms with Gasteiger partial charge in [-0.1, -0.05) is 75.4 Å². The summed E-state index contributed by atoms with van der Waals surface area (Å²) in [6.45, 7) is 13.2. The maximum absolute atomic E-state index is 12.9. The molecule has 0 radical (unpaired) electrons. The van der Waals surface area contributed by atoms with Gasteiger partial charge in [0.25, 0.3) is 0 Å². The van der Waals surface area contributed by atoms with E-state index in [4.69, 9.17) is 9.15 Å². The Kier molecular flexibility index (Phi) is 10.1. The van der Waals surface area contributed by atoms with Gasteiger partial charge in [0.15, 0.2) is 0 Å². The van der Waals surface area contributed by atoms with Crippen molar-refractivity contribution in [2.75, 3.05) is 32.8 Å². The molecular weight excluding hydrogens is 472 g/mol. The number of hydrogen-bond donors (Lipinski definition) is 0. The average Bonchev–Trinajstić information content (AvgIpc) is 2.95. The number of rotatable bonds is 14. The van der Waals surface area contributed by atoms with Gasteiger partial charge in [-0.15, -0.1) is 0 Å². The number of hydrogen-bond acceptors (Lipinski definition) is 5. The maximum atomic E-state index is 12.9. The Morgan fingerprint density at radius 3 is 2.11 bits per heavy atom. The van der Waals surface area contributed by atoms with Gasteiger partial charge in [0.2, 0.25) is 0 Å². The second-order valence-corrected chi connectivity index (χ2v) is 9.72. The molecule has 0 spiro atoms. The molecule has 200 valence electrons. The third-order valence-electron chi connectivity index (χ3n) is 7.11. The van der Waals surface area contributed by atoms with Gasteiger partial charge < -0.3 is 14.1 Å². The monoisotopic (exact) mass is 512 g/mol. The summed E-state index contributed by atoms with van der Waals surface area (Å²) in [5, 5.41) is 0.887. The van der Waals surface area contributed by atoms with E-state index in [9.17, 15) is 4.79 Å². The predicted octanol–water partition coefficient (Wildman–Crippen LogP) is 6.98. The lowest BCUT2D eigenvalue weighted by Gasteiger charge is -2.20. The Morgan fingerprint density at radius 1 is 0.737 bits per heavy atom. The molecule has 0 saturated carbocycles. The third-order valence-corrected chi connectivity index (χ3v) is 7.11. The molecule has 0 aliphatic rings. The Labute approximate surface area is 226 Å². The van der Waals surface area contributed by atoms with Gasteiger partial charge in [-0.3, -0.25) is 4.90 Å². The highest BCUT2D eigenvalue weighted by atomic mass is 16.5. The fraction of sp³-hybridized carbons (Fsp3) is 0.364. The Bertz CT molecular complexity index is 1330. The number of unbranched alkanes of at least 4 members (excludes halogenated alkanes) is 1. The Morgan fingerprint density at radius 2 is 1.42 bits per heavy atom. The zero-order chi connectivity index (χ0) is 26.7. The van der Waals surface area contributed by atoms with E-state index in [-0.39, 0.29) is 5.63 Å². The lowest BCUT2D eigenvalue weighted by molar-refractivity contribution is 0.266. The van der Waals surface area contributed by atoms with E-state index >= 15 is 0 Å². The van der Waals surface area contributed by atoms with Crippen LogP contribution in [0.15, 0.2) is 88.1 Å². The van der Waals surface area contributed by atoms with Crippen molar-refractivity contribution in [3.05, 3.63) is 100 Å². The van der Waals surface area contributed by atoms with Crippen molar-refractivity contribution >= 4 is 11.0 Å². The largest absolute Gasteiger partial charge is 0.493 e. The minimum Gasteiger partial charge on any atom is -0.493 e. The van der Waals surface area contributed by atoms with E-state index in [2.05, 4.69) is 67.0 Å². The van der Waals surface area contributed by atoms with Gasteiger partial charge in [0.05, 0.1) is 12.2 Å². The van der Waals surface area contributed by atoms with Crippen LogP contribution in [0.5, 0.6) is 5.75 Å². The smallest absolute Gasteiger partial charge is 0.344 e. The fourth-order valence-corrected chi connectivity index (χ4v) is 4.72. The van der Waals surface area contributed by atoms with Crippen molar-refractivity contribution < 1.29 is 9.15 Å². The van der Waals surface area contributed by atoms with E-state index in [1.165, 1.54) is 11.1 Å². The maximum Gasteiger partial charge on any atom is 0.344 e. The standard InChI is InChI=1S/C33H40N2O3/c1-4-34(5-2)20-10-11-21-37-30-19-18-29-22-31(33(36)38-32(29)23-30)28-16-14-27(15-17-28)25-35(6-3)24-26-12-8-7-9-13-26/h7-9,12-19,22-23H,4-6,10-11,20-21,24-25H2,1-3H3. The fourth-order valence-electron chi connectivity index (χ4n) is 4.72. The van der Waals surface area contributed by atoms with Crippen LogP contribution < -0.4 is 10.4 Å². The van der Waals surface area contributed by atoms with Crippen LogP contribution in [-0.2, 0) is 13.1 Å². The molecule has 1 aromatic heterocycles. The van der Waals surface area contributed by atoms with Crippen molar-refractivity contribution in [1.82, 2.24) is 9.80 Å². The van der Waals surface area contributed by atoms with Crippen LogP contribution in [0.1, 0.15) is 44.7 Å². The summed E-state index contributed by atoms with van der Waals surface area (Å²) in [6.07, 6.45) is 2.10. The molecule has 5 nitrogen and oxygen atoms in total. The second kappa shape index (κ2) is 13.9. The molecule has 0 N–H and O–H groups in total. The molecular formula is C33H40N2O3. The van der Waals surface area contributed by atoms with E-state index in [0.29, 0.717) is 17.8 Å². The molecule has 0 saturated heterocycles. The summed E-state index contributed by atoms with van der Waals surface area (Å²) < 4.78 is 11.6. The lowest BCUT2D eigenvalue weighted by atomic mass is 10.0. The molecule has 0 fully saturated rings. The molecule has 4 rings (SSSR count). The lowest BCUT2D eigenvalue weighted by Crippen LogP contribution is -2.24. The van der Waals surface area contributed by atoms with E-state index < -0.39 is 0 Å². The normalized spacial score (nSPS) is 11.5. The van der Waals surface area contributed by atoms with E-state index in [1.807, 2.05) is 42.5 Å². The summed E-state index contributed by atoms with van der Waals surface area (Å²) in [7, 11) is 0. The van der Waals surface area contributed by atoms with Gasteiger partial charge in [-0.2, -0.15) is 0 Å². The van der Waals surface area contributed by atoms with Crippen molar-refractivity contribution in [1.29, 1.82) is 0 Å². The first-order valence-corrected chi connectivity index (χ1v) is 13.9. The molecule has 1 heterocycles. The first-order valence-electron chi connectivity index (χ1n) is 13.9. The first-order chi connectivity index (χ1) is 18.6. The molecule has 4 aromatic rings. The average molecular weight is 513 g/mol. The molecule has 0 aliphatic carbocycles. The van der Waals surface area contributed by atoms with Crippen LogP contribution in [0.2, 0.25) is 0 Å². The van der Waals surface area contributed by atoms with Gasteiger partial charge in [0, 0.05) is 24.5 Å². The van der Waals surface area contributed by atoms with Gasteiger partial charge >= 0.3 is 5.63 Å². The van der Waals surface area contributed by atoms with Gasteiger partial charge in [-0.25, -0.2) is 4.79 Å². The zero-order valence-electron chi connectivity index (χ0n) is 23.0. The van der Waals surface area contributed by atoms with Gasteiger partial charge in [0.1, 0.15) is 11.3 Å². The van der Waals surface area contributed by atoms with Crippen LogP contribution in [0.4, 0.5) is 0 Å². The van der Waals surface area contributed by atoms with Crippen LogP contribution in [0.3, 0.4) is 0 Å². The van der Waals surface area contributed by atoms with Crippen molar-refractivity contribution in [2.45, 2.75) is 46.7 Å². The molecule has 0 amide bonds. The van der Waals surface area contributed by atoms with Crippen LogP contribution in [0.25, 0.3) is 22.1 Å². The zero-order valence-corrected chi connectivity index (χ0v) is 23.0. The quantitative estimate of drug-likeness (QED) is 0.135. The van der Waals surface area contributed by atoms with Crippen molar-refractivity contribution in [2.24, 2.45) is 0 Å². The molecule has 0 unspecified atom stereocenters. The minimum absolute atomic E-state index is 0.333. The number of nitrogens with zero attached hydrogens (tertiary/aromatic N) is 2. The summed E-state index contributed by atoms with van der Waals surface area (Å²) in [5.74, 6) is 0.733. The minimum atomic E-state index is -0.333. The Hall–Kier alpha value is -3.41. The summed E-state index contributed by atoms with van der Waals surface area (Å²) in [5.41, 5.74) is 4.19. The second-order valence-electron chi connectivity index (χ2n) is 9.72. The predicted molar refractivity (Wildman–Crippen MR) is 157 cm³/mol. The topological polar surface area (TPSA) is 45.9 Å². The Balaban J connectivity index is 1.38. The first kappa shape index (κ1) is 27.6. The highest BCUT2D eigenvalue weighted by Gasteiger charge is 2.11. The van der Waals surface area contributed by atoms with Crippen LogP contribution >= 0.6 is 0 Å². The summed E-state index contributed by atoms with van der Waals surface area (Å²) in [4.78, 5) is 17.7. The summed E-state index contributed by atoms with van der Waals surface area (Å²) >= 11 is 0.